The molecule has 0 N–H and O–H groups in total. The van der Waals surface area contributed by atoms with Crippen LogP contribution in [0.25, 0.3) is 11.3 Å². The molecule has 0 atom stereocenters. The molecule has 0 saturated carbocycles. The van der Waals surface area contributed by atoms with E-state index < -0.39 is 15.1 Å². The third-order valence-electron chi connectivity index (χ3n) is 5.72. The van der Waals surface area contributed by atoms with Crippen molar-refractivity contribution in [3.8, 4) is 11.3 Å². The van der Waals surface area contributed by atoms with Crippen molar-refractivity contribution in [1.82, 2.24) is 4.98 Å². The minimum absolute atomic E-state index is 0.126. The van der Waals surface area contributed by atoms with E-state index in [1.54, 1.807) is 17.4 Å². The van der Waals surface area contributed by atoms with E-state index in [0.29, 0.717) is 31.0 Å². The molecule has 1 aliphatic heterocycles. The average Bonchev–Trinajstić information content (AvgIpc) is 3.22. The predicted octanol–water partition coefficient (Wildman–Crippen LogP) is 6.18. The molecule has 1 aromatic heterocycles. The largest absolute Gasteiger partial charge is 0.348 e. The average molecular weight is 481 g/mol. The highest BCUT2D eigenvalue weighted by atomic mass is 35.5. The molecule has 0 radical (unpaired) electrons. The summed E-state index contributed by atoms with van der Waals surface area (Å²) in [7, 11) is -3.53. The van der Waals surface area contributed by atoms with Gasteiger partial charge in [-0.25, -0.2) is 13.4 Å². The van der Waals surface area contributed by atoms with Crippen molar-refractivity contribution in [3.63, 3.8) is 0 Å². The van der Waals surface area contributed by atoms with E-state index in [1.807, 2.05) is 6.07 Å². The first kappa shape index (κ1) is 21.6. The van der Waals surface area contributed by atoms with Crippen LogP contribution < -0.4 is 4.90 Å². The van der Waals surface area contributed by atoms with E-state index in [1.165, 1.54) is 23.3 Å². The molecule has 0 bridgehead atoms. The monoisotopic (exact) mass is 480 g/mol. The van der Waals surface area contributed by atoms with Gasteiger partial charge < -0.3 is 4.90 Å². The van der Waals surface area contributed by atoms with E-state index in [4.69, 9.17) is 28.2 Å². The van der Waals surface area contributed by atoms with Crippen molar-refractivity contribution in [3.05, 3.63) is 63.0 Å². The molecule has 0 spiro atoms. The third kappa shape index (κ3) is 4.11. The summed E-state index contributed by atoms with van der Waals surface area (Å²) in [4.78, 5) is 7.13. The third-order valence-corrected chi connectivity index (χ3v) is 9.60. The molecule has 0 unspecified atom stereocenters. The number of sulfone groups is 1. The van der Waals surface area contributed by atoms with Crippen LogP contribution in [-0.2, 0) is 9.84 Å². The van der Waals surface area contributed by atoms with Gasteiger partial charge in [0.25, 0.3) is 0 Å². The Morgan fingerprint density at radius 2 is 1.83 bits per heavy atom. The van der Waals surface area contributed by atoms with Gasteiger partial charge in [0.05, 0.1) is 20.9 Å². The number of nitrogens with zero attached hydrogens (tertiary/aromatic N) is 2. The van der Waals surface area contributed by atoms with Gasteiger partial charge in [0.1, 0.15) is 0 Å². The highest BCUT2D eigenvalue weighted by molar-refractivity contribution is 7.92. The van der Waals surface area contributed by atoms with Gasteiger partial charge in [0.2, 0.25) is 0 Å². The first-order chi connectivity index (χ1) is 14.3. The molecule has 158 valence electrons. The van der Waals surface area contributed by atoms with Crippen molar-refractivity contribution < 1.29 is 8.42 Å². The van der Waals surface area contributed by atoms with Crippen molar-refractivity contribution in [2.45, 2.75) is 36.8 Å². The molecular weight excluding hydrogens is 459 g/mol. The SMILES string of the molecule is Cc1cccc(-c2csc(N3CCC(S(=O)(=O)c4cc(Cl)ccc4Cl)CC3)n2)c1C. The van der Waals surface area contributed by atoms with Gasteiger partial charge in [-0.3, -0.25) is 0 Å². The lowest BCUT2D eigenvalue weighted by atomic mass is 10.0. The Bertz CT molecular complexity index is 1180. The lowest BCUT2D eigenvalue weighted by molar-refractivity contribution is 0.529. The summed E-state index contributed by atoms with van der Waals surface area (Å²) in [6.07, 6.45) is 1.06. The summed E-state index contributed by atoms with van der Waals surface area (Å²) < 4.78 is 26.2. The maximum Gasteiger partial charge on any atom is 0.185 e. The quantitative estimate of drug-likeness (QED) is 0.447. The normalized spacial score (nSPS) is 15.5. The van der Waals surface area contributed by atoms with Gasteiger partial charge in [0, 0.05) is 29.1 Å². The van der Waals surface area contributed by atoms with Gasteiger partial charge in [-0.2, -0.15) is 0 Å². The Kier molecular flexibility index (Phi) is 6.13. The predicted molar refractivity (Wildman–Crippen MR) is 126 cm³/mol. The zero-order chi connectivity index (χ0) is 21.5. The Morgan fingerprint density at radius 3 is 2.57 bits per heavy atom. The van der Waals surface area contributed by atoms with Crippen LogP contribution in [0, 0.1) is 13.8 Å². The lowest BCUT2D eigenvalue weighted by Gasteiger charge is -2.31. The fourth-order valence-corrected chi connectivity index (χ4v) is 7.17. The molecule has 3 aromatic rings. The van der Waals surface area contributed by atoms with Crippen LogP contribution in [0.4, 0.5) is 5.13 Å². The zero-order valence-corrected chi connectivity index (χ0v) is 19.9. The molecule has 30 heavy (non-hydrogen) atoms. The summed E-state index contributed by atoms with van der Waals surface area (Å²) in [5.41, 5.74) is 4.59. The maximum absolute atomic E-state index is 13.1. The standard InChI is InChI=1S/C22H22Cl2N2O2S2/c1-14-4-3-5-18(15(14)2)20-13-29-22(25-20)26-10-8-17(9-11-26)30(27,28)21-12-16(23)6-7-19(21)24/h3-7,12-13,17H,8-11H2,1-2H3. The second kappa shape index (κ2) is 8.50. The lowest BCUT2D eigenvalue weighted by Crippen LogP contribution is -2.39. The summed E-state index contributed by atoms with van der Waals surface area (Å²) >= 11 is 13.8. The molecule has 0 aliphatic carbocycles. The van der Waals surface area contributed by atoms with Crippen LogP contribution in [0.5, 0.6) is 0 Å². The highest BCUT2D eigenvalue weighted by Gasteiger charge is 2.33. The summed E-state index contributed by atoms with van der Waals surface area (Å²) in [6, 6.07) is 10.8. The second-order valence-electron chi connectivity index (χ2n) is 7.57. The molecule has 1 aliphatic rings. The Balaban J connectivity index is 1.50. The summed E-state index contributed by atoms with van der Waals surface area (Å²) in [5, 5.41) is 3.13. The summed E-state index contributed by atoms with van der Waals surface area (Å²) in [5.74, 6) is 0. The topological polar surface area (TPSA) is 50.3 Å². The number of anilines is 1. The van der Waals surface area contributed by atoms with Crippen molar-refractivity contribution in [2.24, 2.45) is 0 Å². The molecule has 1 saturated heterocycles. The number of hydrogen-bond acceptors (Lipinski definition) is 5. The molecule has 2 aromatic carbocycles. The maximum atomic E-state index is 13.1. The highest BCUT2D eigenvalue weighted by Crippen LogP contribution is 2.35. The number of aromatic nitrogens is 1. The van der Waals surface area contributed by atoms with Gasteiger partial charge in [-0.1, -0.05) is 41.4 Å². The number of thiazole rings is 1. The molecule has 1 fully saturated rings. The number of rotatable bonds is 4. The fourth-order valence-electron chi connectivity index (χ4n) is 3.79. The molecule has 0 amide bonds. The van der Waals surface area contributed by atoms with Crippen LogP contribution in [-0.4, -0.2) is 31.7 Å². The van der Waals surface area contributed by atoms with Gasteiger partial charge >= 0.3 is 0 Å². The molecule has 8 heteroatoms. The molecule has 2 heterocycles. The van der Waals surface area contributed by atoms with Crippen LogP contribution >= 0.6 is 34.5 Å². The minimum atomic E-state index is -3.53. The van der Waals surface area contributed by atoms with Crippen LogP contribution in [0.2, 0.25) is 10.0 Å². The van der Waals surface area contributed by atoms with Crippen LogP contribution in [0.1, 0.15) is 24.0 Å². The van der Waals surface area contributed by atoms with Gasteiger partial charge in [0.15, 0.2) is 15.0 Å². The van der Waals surface area contributed by atoms with Crippen LogP contribution in [0.15, 0.2) is 46.7 Å². The minimum Gasteiger partial charge on any atom is -0.348 e. The van der Waals surface area contributed by atoms with E-state index in [9.17, 15) is 8.42 Å². The van der Waals surface area contributed by atoms with E-state index in [0.717, 1.165) is 16.4 Å². The Labute approximate surface area is 191 Å². The van der Waals surface area contributed by atoms with E-state index in [2.05, 4.69) is 36.3 Å². The van der Waals surface area contributed by atoms with Crippen molar-refractivity contribution in [1.29, 1.82) is 0 Å². The molecular formula is C22H22Cl2N2O2S2. The van der Waals surface area contributed by atoms with Gasteiger partial charge in [-0.15, -0.1) is 11.3 Å². The zero-order valence-electron chi connectivity index (χ0n) is 16.7. The number of piperidine rings is 1. The number of benzene rings is 2. The molecule has 4 nitrogen and oxygen atoms in total. The number of hydrogen-bond donors (Lipinski definition) is 0. The second-order valence-corrected chi connectivity index (χ2v) is 11.4. The first-order valence-corrected chi connectivity index (χ1v) is 12.9. The smallest absolute Gasteiger partial charge is 0.185 e. The van der Waals surface area contributed by atoms with Crippen molar-refractivity contribution >= 4 is 49.5 Å². The number of halogens is 2. The van der Waals surface area contributed by atoms with Crippen molar-refractivity contribution in [2.75, 3.05) is 18.0 Å². The first-order valence-electron chi connectivity index (χ1n) is 9.73. The van der Waals surface area contributed by atoms with E-state index in [-0.39, 0.29) is 9.92 Å². The number of aryl methyl sites for hydroxylation is 1. The van der Waals surface area contributed by atoms with Crippen LogP contribution in [0.3, 0.4) is 0 Å². The Morgan fingerprint density at radius 1 is 1.10 bits per heavy atom. The van der Waals surface area contributed by atoms with Gasteiger partial charge in [-0.05, 0) is 56.0 Å². The summed E-state index contributed by atoms with van der Waals surface area (Å²) in [6.45, 7) is 5.49. The molecule has 4 rings (SSSR count). The Hall–Kier alpha value is -1.60. The van der Waals surface area contributed by atoms with E-state index >= 15 is 0 Å². The fraction of sp³-hybridized carbons (Fsp3) is 0.318.